The molecule has 0 saturated carbocycles. The van der Waals surface area contributed by atoms with E-state index in [1.54, 1.807) is 6.92 Å². The van der Waals surface area contributed by atoms with Crippen LogP contribution >= 0.6 is 12.6 Å². The third kappa shape index (κ3) is 2.65. The second kappa shape index (κ2) is 5.13. The fourth-order valence-electron chi connectivity index (χ4n) is 1.43. The Balaban J connectivity index is 2.84. The molecule has 0 bridgehead atoms. The Morgan fingerprint density at radius 2 is 2.24 bits per heavy atom. The number of thiol groups is 1. The number of Topliss-reactive ketones (excluding diaryl/α,β-unsaturated/α-hetero) is 2. The highest BCUT2D eigenvalue weighted by Gasteiger charge is 2.49. The number of rotatable bonds is 5. The Bertz CT molecular complexity index is 355. The number of aliphatic hydroxyl groups is 2. The van der Waals surface area contributed by atoms with Crippen LogP contribution in [0.15, 0.2) is 0 Å². The maximum atomic E-state index is 11.7. The van der Waals surface area contributed by atoms with E-state index in [-0.39, 0.29) is 13.2 Å². The third-order valence-corrected chi connectivity index (χ3v) is 2.68. The Labute approximate surface area is 103 Å². The molecule has 1 saturated heterocycles. The van der Waals surface area contributed by atoms with Crippen LogP contribution in [0.4, 0.5) is 0 Å². The molecule has 2 atom stereocenters. The Hall–Kier alpha value is -0.960. The van der Waals surface area contributed by atoms with E-state index >= 15 is 0 Å². The van der Waals surface area contributed by atoms with Gasteiger partial charge in [0.2, 0.25) is 5.78 Å². The Kier molecular flexibility index (Phi) is 4.26. The first-order valence-electron chi connectivity index (χ1n) is 4.93. The average Bonchev–Trinajstić information content (AvgIpc) is 2.57. The van der Waals surface area contributed by atoms with Crippen LogP contribution in [0.1, 0.15) is 6.92 Å². The van der Waals surface area contributed by atoms with Gasteiger partial charge in [-0.25, -0.2) is 5.06 Å². The molecule has 0 aliphatic carbocycles. The molecule has 17 heavy (non-hydrogen) atoms. The molecule has 0 spiro atoms. The highest BCUT2D eigenvalue weighted by molar-refractivity contribution is 7.82. The number of carbonyl (C=O) groups excluding carboxylic acids is 3. The summed E-state index contributed by atoms with van der Waals surface area (Å²) in [5.41, 5.74) is 0. The lowest BCUT2D eigenvalue weighted by Crippen LogP contribution is -2.43. The quantitative estimate of drug-likeness (QED) is 0.233. The molecule has 0 radical (unpaired) electrons. The minimum absolute atomic E-state index is 0.172. The number of nitrogens with zero attached hydrogens (tertiary/aromatic N) is 1. The fourth-order valence-corrected chi connectivity index (χ4v) is 1.59. The largest absolute Gasteiger partial charge is 0.392 e. The van der Waals surface area contributed by atoms with Crippen LogP contribution in [0.5, 0.6) is 0 Å². The first kappa shape index (κ1) is 14.1. The predicted molar refractivity (Wildman–Crippen MR) is 57.9 cm³/mol. The van der Waals surface area contributed by atoms with E-state index in [0.29, 0.717) is 0 Å². The summed E-state index contributed by atoms with van der Waals surface area (Å²) in [7, 11) is 0. The lowest BCUT2D eigenvalue weighted by Gasteiger charge is -2.20. The molecule has 1 heterocycles. The highest BCUT2D eigenvalue weighted by Crippen LogP contribution is 2.23. The Morgan fingerprint density at radius 1 is 1.65 bits per heavy atom. The van der Waals surface area contributed by atoms with Gasteiger partial charge in [-0.3, -0.25) is 19.2 Å². The van der Waals surface area contributed by atoms with Crippen LogP contribution < -0.4 is 0 Å². The van der Waals surface area contributed by atoms with Crippen molar-refractivity contribution in [2.24, 2.45) is 5.92 Å². The van der Waals surface area contributed by atoms with E-state index in [1.807, 2.05) is 0 Å². The molecule has 2 unspecified atom stereocenters. The Morgan fingerprint density at radius 3 is 2.71 bits per heavy atom. The molecule has 0 aromatic heterocycles. The molecule has 1 amide bonds. The van der Waals surface area contributed by atoms with Gasteiger partial charge >= 0.3 is 5.91 Å². The topological polar surface area (TPSA) is 104 Å². The summed E-state index contributed by atoms with van der Waals surface area (Å²) in [6, 6.07) is 0. The maximum absolute atomic E-state index is 11.7. The number of hydrogen-bond acceptors (Lipinski definition) is 7. The van der Waals surface area contributed by atoms with Crippen molar-refractivity contribution in [3.8, 4) is 0 Å². The number of amides is 1. The number of ketones is 2. The van der Waals surface area contributed by atoms with Gasteiger partial charge in [-0.2, -0.15) is 0 Å². The fraction of sp³-hybridized carbons (Fsp3) is 0.667. The second-order valence-corrected chi connectivity index (χ2v) is 4.28. The summed E-state index contributed by atoms with van der Waals surface area (Å²) >= 11 is 3.54. The highest BCUT2D eigenvalue weighted by atomic mass is 32.1. The van der Waals surface area contributed by atoms with Gasteiger partial charge in [-0.05, 0) is 6.92 Å². The molecule has 1 rings (SSSR count). The van der Waals surface area contributed by atoms with Gasteiger partial charge in [-0.15, -0.1) is 12.6 Å². The van der Waals surface area contributed by atoms with Gasteiger partial charge in [0.25, 0.3) is 0 Å². The van der Waals surface area contributed by atoms with Crippen molar-refractivity contribution in [2.75, 3.05) is 19.8 Å². The van der Waals surface area contributed by atoms with E-state index in [4.69, 9.17) is 9.94 Å². The lowest BCUT2D eigenvalue weighted by molar-refractivity contribution is -0.177. The van der Waals surface area contributed by atoms with Gasteiger partial charge in [0.05, 0.1) is 19.8 Å². The summed E-state index contributed by atoms with van der Waals surface area (Å²) in [6.45, 7) is 0.579. The zero-order valence-electron chi connectivity index (χ0n) is 9.12. The summed E-state index contributed by atoms with van der Waals surface area (Å²) in [5, 5.41) is 18.9. The first-order valence-corrected chi connectivity index (χ1v) is 5.38. The van der Waals surface area contributed by atoms with Crippen LogP contribution in [-0.4, -0.2) is 57.4 Å². The van der Waals surface area contributed by atoms with Crippen molar-refractivity contribution in [3.63, 3.8) is 0 Å². The molecule has 2 N–H and O–H groups in total. The zero-order valence-corrected chi connectivity index (χ0v) is 10.0. The molecule has 8 heteroatoms. The van der Waals surface area contributed by atoms with Crippen molar-refractivity contribution in [1.82, 2.24) is 5.06 Å². The molecule has 7 nitrogen and oxygen atoms in total. The first-order chi connectivity index (χ1) is 7.85. The van der Waals surface area contributed by atoms with Crippen molar-refractivity contribution >= 4 is 30.1 Å². The maximum Gasteiger partial charge on any atom is 0.314 e. The van der Waals surface area contributed by atoms with Gasteiger partial charge in [-0.1, -0.05) is 0 Å². The van der Waals surface area contributed by atoms with Gasteiger partial charge in [0, 0.05) is 0 Å². The molecule has 1 fully saturated rings. The van der Waals surface area contributed by atoms with Crippen molar-refractivity contribution < 1.29 is 29.4 Å². The van der Waals surface area contributed by atoms with Crippen molar-refractivity contribution in [1.29, 1.82) is 0 Å². The number of carbonyl (C=O) groups is 3. The SMILES string of the molecule is CCON1CC(C(=O)C(O)(S)CO)C(=O)C1=O. The van der Waals surface area contributed by atoms with E-state index < -0.39 is 34.9 Å². The van der Waals surface area contributed by atoms with Crippen molar-refractivity contribution in [2.45, 2.75) is 11.9 Å². The molecule has 1 aliphatic heterocycles. The third-order valence-electron chi connectivity index (χ3n) is 2.32. The van der Waals surface area contributed by atoms with Crippen LogP contribution in [0.2, 0.25) is 0 Å². The molecular formula is C9H13NO6S. The summed E-state index contributed by atoms with van der Waals surface area (Å²) in [4.78, 5) is 37.0. The minimum Gasteiger partial charge on any atom is -0.392 e. The molecule has 0 aromatic rings. The van der Waals surface area contributed by atoms with Crippen LogP contribution in [0.25, 0.3) is 0 Å². The summed E-state index contributed by atoms with van der Waals surface area (Å²) in [6.07, 6.45) is 0. The summed E-state index contributed by atoms with van der Waals surface area (Å²) < 4.78 is 0. The lowest BCUT2D eigenvalue weighted by atomic mass is 9.97. The number of aliphatic hydroxyl groups excluding tert-OH is 1. The van der Waals surface area contributed by atoms with Gasteiger partial charge in [0.15, 0.2) is 10.7 Å². The van der Waals surface area contributed by atoms with E-state index in [9.17, 15) is 19.5 Å². The van der Waals surface area contributed by atoms with Crippen molar-refractivity contribution in [3.05, 3.63) is 0 Å². The average molecular weight is 263 g/mol. The van der Waals surface area contributed by atoms with Crippen LogP contribution in [-0.2, 0) is 19.2 Å². The monoisotopic (exact) mass is 263 g/mol. The summed E-state index contributed by atoms with van der Waals surface area (Å²) in [5.74, 6) is -4.27. The smallest absolute Gasteiger partial charge is 0.314 e. The minimum atomic E-state index is -2.33. The molecule has 0 aromatic carbocycles. The van der Waals surface area contributed by atoms with Crippen LogP contribution in [0, 0.1) is 5.92 Å². The number of hydroxylamine groups is 2. The van der Waals surface area contributed by atoms with E-state index in [1.165, 1.54) is 0 Å². The van der Waals surface area contributed by atoms with Gasteiger partial charge in [0.1, 0.15) is 5.92 Å². The normalized spacial score (nSPS) is 24.0. The molecular weight excluding hydrogens is 250 g/mol. The van der Waals surface area contributed by atoms with Gasteiger partial charge < -0.3 is 10.2 Å². The molecule has 96 valence electrons. The molecule has 1 aliphatic rings. The number of hydrogen-bond donors (Lipinski definition) is 3. The zero-order chi connectivity index (χ0) is 13.2. The van der Waals surface area contributed by atoms with E-state index in [2.05, 4.69) is 12.6 Å². The second-order valence-electron chi connectivity index (χ2n) is 3.54. The predicted octanol–water partition coefficient (Wildman–Crippen LogP) is -1.85. The van der Waals surface area contributed by atoms with Crippen LogP contribution in [0.3, 0.4) is 0 Å². The van der Waals surface area contributed by atoms with E-state index in [0.717, 1.165) is 5.06 Å². The standard InChI is InChI=1S/C9H13NO6S/c1-2-16-10-3-5(6(12)8(10)14)7(13)9(15,17)4-11/h5,11,15,17H,2-4H2,1H3.